The zero-order valence-corrected chi connectivity index (χ0v) is 16.4. The van der Waals surface area contributed by atoms with Crippen LogP contribution in [-0.4, -0.2) is 27.5 Å². The smallest absolute Gasteiger partial charge is 0.306 e. The van der Waals surface area contributed by atoms with E-state index in [9.17, 15) is 4.79 Å². The fourth-order valence-electron chi connectivity index (χ4n) is 2.91. The summed E-state index contributed by atoms with van der Waals surface area (Å²) in [5.74, 6) is 0.383. The van der Waals surface area contributed by atoms with Crippen molar-refractivity contribution < 1.29 is 9.53 Å². The summed E-state index contributed by atoms with van der Waals surface area (Å²) in [6, 6.07) is 12.0. The van der Waals surface area contributed by atoms with Crippen molar-refractivity contribution in [2.24, 2.45) is 0 Å². The molecule has 0 atom stereocenters. The van der Waals surface area contributed by atoms with E-state index in [4.69, 9.17) is 4.74 Å². The van der Waals surface area contributed by atoms with E-state index in [-0.39, 0.29) is 5.97 Å². The van der Waals surface area contributed by atoms with Crippen LogP contribution in [0.1, 0.15) is 30.2 Å². The third-order valence-electron chi connectivity index (χ3n) is 4.17. The molecule has 0 radical (unpaired) electrons. The van der Waals surface area contributed by atoms with Crippen molar-refractivity contribution >= 4 is 17.6 Å². The topological polar surface area (TPSA) is 77.0 Å². The summed E-state index contributed by atoms with van der Waals surface area (Å²) in [7, 11) is 0. The van der Waals surface area contributed by atoms with E-state index in [1.54, 1.807) is 12.4 Å². The number of carbonyl (C=O) groups excluding carboxylic acids is 1. The molecule has 2 aromatic heterocycles. The predicted octanol–water partition coefficient (Wildman–Crippen LogP) is 4.39. The Kier molecular flexibility index (Phi) is 6.32. The van der Waals surface area contributed by atoms with E-state index in [2.05, 4.69) is 26.3 Å². The second kappa shape index (κ2) is 9.08. The van der Waals surface area contributed by atoms with Gasteiger partial charge in [0, 0.05) is 35.8 Å². The van der Waals surface area contributed by atoms with Gasteiger partial charge >= 0.3 is 5.97 Å². The van der Waals surface area contributed by atoms with Crippen LogP contribution in [0.2, 0.25) is 0 Å². The normalized spacial score (nSPS) is 10.5. The zero-order chi connectivity index (χ0) is 19.9. The summed E-state index contributed by atoms with van der Waals surface area (Å²) in [5.41, 5.74) is 5.81. The fraction of sp³-hybridized carbons (Fsp3) is 0.273. The molecule has 144 valence electrons. The van der Waals surface area contributed by atoms with Crippen LogP contribution in [0.5, 0.6) is 0 Å². The van der Waals surface area contributed by atoms with Gasteiger partial charge in [-0.05, 0) is 74.7 Å². The molecule has 1 N–H and O–H groups in total. The molecule has 3 aromatic rings. The van der Waals surface area contributed by atoms with Crippen molar-refractivity contribution in [1.29, 1.82) is 0 Å². The Hall–Kier alpha value is -3.28. The average molecular weight is 376 g/mol. The molecule has 6 heteroatoms. The van der Waals surface area contributed by atoms with Crippen LogP contribution in [0, 0.1) is 13.8 Å². The Bertz CT molecular complexity index is 972. The highest BCUT2D eigenvalue weighted by Gasteiger charge is 2.07. The summed E-state index contributed by atoms with van der Waals surface area (Å²) < 4.78 is 5.00. The molecule has 6 nitrogen and oxygen atoms in total. The monoisotopic (exact) mass is 376 g/mol. The van der Waals surface area contributed by atoms with Gasteiger partial charge in [-0.1, -0.05) is 0 Å². The lowest BCUT2D eigenvalue weighted by molar-refractivity contribution is -0.143. The molecule has 0 saturated heterocycles. The second-order valence-electron chi connectivity index (χ2n) is 6.59. The Morgan fingerprint density at radius 3 is 2.68 bits per heavy atom. The first kappa shape index (κ1) is 19.5. The molecule has 0 amide bonds. The molecule has 0 spiro atoms. The predicted molar refractivity (Wildman–Crippen MR) is 109 cm³/mol. The lowest BCUT2D eigenvalue weighted by Crippen LogP contribution is -2.05. The van der Waals surface area contributed by atoms with Crippen LogP contribution in [-0.2, 0) is 16.0 Å². The number of carbonyl (C=O) groups is 1. The number of nitrogens with one attached hydrogen (secondary N) is 1. The number of esters is 1. The van der Waals surface area contributed by atoms with Crippen LogP contribution in [0.15, 0.2) is 48.8 Å². The largest absolute Gasteiger partial charge is 0.466 e. The molecule has 3 rings (SSSR count). The quantitative estimate of drug-likeness (QED) is 0.616. The Balaban J connectivity index is 1.80. The van der Waals surface area contributed by atoms with Gasteiger partial charge in [0.1, 0.15) is 0 Å². The number of hydrogen-bond donors (Lipinski definition) is 1. The summed E-state index contributed by atoms with van der Waals surface area (Å²) in [6.07, 6.45) is 4.50. The van der Waals surface area contributed by atoms with E-state index in [0.29, 0.717) is 25.4 Å². The van der Waals surface area contributed by atoms with Crippen LogP contribution in [0.4, 0.5) is 11.6 Å². The maximum Gasteiger partial charge on any atom is 0.306 e. The first-order chi connectivity index (χ1) is 13.5. The fourth-order valence-corrected chi connectivity index (χ4v) is 2.91. The van der Waals surface area contributed by atoms with Gasteiger partial charge in [-0.25, -0.2) is 9.97 Å². The van der Waals surface area contributed by atoms with Crippen LogP contribution in [0.25, 0.3) is 11.3 Å². The molecule has 0 aliphatic heterocycles. The molecule has 28 heavy (non-hydrogen) atoms. The zero-order valence-electron chi connectivity index (χ0n) is 16.4. The SMILES string of the molecule is CCOC(=O)CCc1ccnc(-c2cc(C)cc(Nc3nccc(C)n3)c2)c1. The molecule has 0 saturated carbocycles. The molecular weight excluding hydrogens is 352 g/mol. The standard InChI is InChI=1S/C22H24N4O2/c1-4-28-21(27)6-5-17-8-10-23-20(13-17)18-11-15(2)12-19(14-18)26-22-24-9-7-16(3)25-22/h7-14H,4-6H2,1-3H3,(H,24,25,26). The van der Waals surface area contributed by atoms with Crippen molar-refractivity contribution in [3.63, 3.8) is 0 Å². The maximum absolute atomic E-state index is 11.6. The van der Waals surface area contributed by atoms with Gasteiger partial charge in [0.25, 0.3) is 0 Å². The number of aromatic nitrogens is 3. The van der Waals surface area contributed by atoms with Gasteiger partial charge in [-0.2, -0.15) is 0 Å². The van der Waals surface area contributed by atoms with Crippen LogP contribution < -0.4 is 5.32 Å². The third kappa shape index (κ3) is 5.36. The Morgan fingerprint density at radius 2 is 1.89 bits per heavy atom. The van der Waals surface area contributed by atoms with E-state index in [0.717, 1.165) is 33.8 Å². The minimum Gasteiger partial charge on any atom is -0.466 e. The highest BCUT2D eigenvalue weighted by atomic mass is 16.5. The van der Waals surface area contributed by atoms with Crippen molar-refractivity contribution in [1.82, 2.24) is 15.0 Å². The number of nitrogens with zero attached hydrogens (tertiary/aromatic N) is 3. The van der Waals surface area contributed by atoms with Gasteiger partial charge in [0.2, 0.25) is 5.95 Å². The highest BCUT2D eigenvalue weighted by Crippen LogP contribution is 2.25. The number of ether oxygens (including phenoxy) is 1. The third-order valence-corrected chi connectivity index (χ3v) is 4.17. The molecule has 0 unspecified atom stereocenters. The highest BCUT2D eigenvalue weighted by molar-refractivity contribution is 5.71. The van der Waals surface area contributed by atoms with Gasteiger partial charge in [-0.3, -0.25) is 9.78 Å². The lowest BCUT2D eigenvalue weighted by atomic mass is 10.0. The van der Waals surface area contributed by atoms with Gasteiger partial charge in [0.05, 0.1) is 12.3 Å². The maximum atomic E-state index is 11.6. The number of pyridine rings is 1. The second-order valence-corrected chi connectivity index (χ2v) is 6.59. The lowest BCUT2D eigenvalue weighted by Gasteiger charge is -2.10. The minimum atomic E-state index is -0.180. The van der Waals surface area contributed by atoms with Gasteiger partial charge < -0.3 is 10.1 Å². The molecule has 1 aromatic carbocycles. The molecule has 2 heterocycles. The van der Waals surface area contributed by atoms with Gasteiger partial charge in [-0.15, -0.1) is 0 Å². The van der Waals surface area contributed by atoms with Crippen LogP contribution >= 0.6 is 0 Å². The van der Waals surface area contributed by atoms with Crippen molar-refractivity contribution in [3.05, 3.63) is 65.6 Å². The Morgan fingerprint density at radius 1 is 1.07 bits per heavy atom. The molecule has 0 bridgehead atoms. The molecule has 0 aliphatic rings. The van der Waals surface area contributed by atoms with E-state index < -0.39 is 0 Å². The number of rotatable bonds is 7. The summed E-state index contributed by atoms with van der Waals surface area (Å²) in [4.78, 5) is 24.7. The molecule has 0 aliphatic carbocycles. The van der Waals surface area contributed by atoms with E-state index in [1.807, 2.05) is 51.1 Å². The van der Waals surface area contributed by atoms with Crippen molar-refractivity contribution in [3.8, 4) is 11.3 Å². The summed E-state index contributed by atoms with van der Waals surface area (Å²) >= 11 is 0. The van der Waals surface area contributed by atoms with Gasteiger partial charge in [0.15, 0.2) is 0 Å². The average Bonchev–Trinajstić information content (AvgIpc) is 2.66. The summed E-state index contributed by atoms with van der Waals surface area (Å²) in [6.45, 7) is 6.19. The van der Waals surface area contributed by atoms with E-state index >= 15 is 0 Å². The number of anilines is 2. The Labute approximate surface area is 165 Å². The van der Waals surface area contributed by atoms with E-state index in [1.165, 1.54) is 0 Å². The first-order valence-electron chi connectivity index (χ1n) is 9.33. The molecular formula is C22H24N4O2. The minimum absolute atomic E-state index is 0.180. The molecule has 0 fully saturated rings. The van der Waals surface area contributed by atoms with Crippen LogP contribution in [0.3, 0.4) is 0 Å². The number of benzene rings is 1. The first-order valence-corrected chi connectivity index (χ1v) is 9.33. The number of hydrogen-bond acceptors (Lipinski definition) is 6. The summed E-state index contributed by atoms with van der Waals surface area (Å²) in [5, 5.41) is 3.25. The van der Waals surface area contributed by atoms with Crippen molar-refractivity contribution in [2.45, 2.75) is 33.6 Å². The number of aryl methyl sites for hydroxylation is 3. The van der Waals surface area contributed by atoms with Crippen molar-refractivity contribution in [2.75, 3.05) is 11.9 Å².